The first kappa shape index (κ1) is 15.1. The van der Waals surface area contributed by atoms with E-state index in [4.69, 9.17) is 5.73 Å². The molecule has 2 aromatic carbocycles. The summed E-state index contributed by atoms with van der Waals surface area (Å²) in [6.45, 7) is 6.56. The van der Waals surface area contributed by atoms with E-state index in [1.807, 2.05) is 39.0 Å². The van der Waals surface area contributed by atoms with Crippen molar-refractivity contribution < 1.29 is 4.79 Å². The second-order valence-corrected chi connectivity index (χ2v) is 5.51. The molecule has 0 saturated heterocycles. The first-order chi connectivity index (χ1) is 9.97. The summed E-state index contributed by atoms with van der Waals surface area (Å²) in [4.78, 5) is 12.1. The number of rotatable bonds is 4. The molecule has 0 unspecified atom stereocenters. The van der Waals surface area contributed by atoms with Gasteiger partial charge in [0.05, 0.1) is 6.42 Å². The SMILES string of the molecule is Cc1ccc(C)c(CC(=O)NCc2cccc(N)c2C)c1. The molecule has 0 aliphatic heterocycles. The predicted octanol–water partition coefficient (Wildman–Crippen LogP) is 3.05. The van der Waals surface area contributed by atoms with Gasteiger partial charge in [0.1, 0.15) is 0 Å². The molecule has 0 spiro atoms. The third-order valence-corrected chi connectivity index (χ3v) is 3.82. The van der Waals surface area contributed by atoms with Crippen LogP contribution < -0.4 is 11.1 Å². The Hall–Kier alpha value is -2.29. The fourth-order valence-corrected chi connectivity index (χ4v) is 2.31. The van der Waals surface area contributed by atoms with Gasteiger partial charge >= 0.3 is 0 Å². The Morgan fingerprint density at radius 3 is 2.62 bits per heavy atom. The quantitative estimate of drug-likeness (QED) is 0.847. The Bertz CT molecular complexity index is 662. The third kappa shape index (κ3) is 3.85. The summed E-state index contributed by atoms with van der Waals surface area (Å²) in [6, 6.07) is 12.0. The van der Waals surface area contributed by atoms with E-state index in [0.717, 1.165) is 27.9 Å². The minimum Gasteiger partial charge on any atom is -0.399 e. The molecule has 110 valence electrons. The number of nitrogen functional groups attached to an aromatic ring is 1. The van der Waals surface area contributed by atoms with Crippen molar-refractivity contribution in [2.45, 2.75) is 33.7 Å². The summed E-state index contributed by atoms with van der Waals surface area (Å²) in [5.41, 5.74) is 12.1. The fraction of sp³-hybridized carbons (Fsp3) is 0.278. The van der Waals surface area contributed by atoms with Crippen molar-refractivity contribution >= 4 is 11.6 Å². The first-order valence-electron chi connectivity index (χ1n) is 7.14. The van der Waals surface area contributed by atoms with Crippen LogP contribution >= 0.6 is 0 Å². The molecule has 0 heterocycles. The molecule has 0 atom stereocenters. The molecule has 3 nitrogen and oxygen atoms in total. The van der Waals surface area contributed by atoms with Crippen LogP contribution in [-0.2, 0) is 17.8 Å². The van der Waals surface area contributed by atoms with Gasteiger partial charge in [0.2, 0.25) is 5.91 Å². The molecule has 0 aliphatic rings. The first-order valence-corrected chi connectivity index (χ1v) is 7.14. The zero-order valence-electron chi connectivity index (χ0n) is 12.9. The molecule has 21 heavy (non-hydrogen) atoms. The lowest BCUT2D eigenvalue weighted by Crippen LogP contribution is -2.25. The molecule has 0 saturated carbocycles. The normalized spacial score (nSPS) is 10.4. The summed E-state index contributed by atoms with van der Waals surface area (Å²) in [5, 5.41) is 2.97. The number of amides is 1. The van der Waals surface area contributed by atoms with E-state index < -0.39 is 0 Å². The molecule has 3 N–H and O–H groups in total. The summed E-state index contributed by atoms with van der Waals surface area (Å²) in [5.74, 6) is 0.0329. The molecule has 0 aromatic heterocycles. The van der Waals surface area contributed by atoms with E-state index in [9.17, 15) is 4.79 Å². The largest absolute Gasteiger partial charge is 0.399 e. The number of hydrogen-bond acceptors (Lipinski definition) is 2. The van der Waals surface area contributed by atoms with Gasteiger partial charge in [0, 0.05) is 12.2 Å². The maximum Gasteiger partial charge on any atom is 0.224 e. The van der Waals surface area contributed by atoms with E-state index in [0.29, 0.717) is 13.0 Å². The average molecular weight is 282 g/mol. The van der Waals surface area contributed by atoms with Gasteiger partial charge in [-0.2, -0.15) is 0 Å². The fourth-order valence-electron chi connectivity index (χ4n) is 2.31. The highest BCUT2D eigenvalue weighted by molar-refractivity contribution is 5.79. The van der Waals surface area contributed by atoms with Gasteiger partial charge in [0.25, 0.3) is 0 Å². The number of nitrogens with two attached hydrogens (primary N) is 1. The molecule has 0 bridgehead atoms. The topological polar surface area (TPSA) is 55.1 Å². The minimum absolute atomic E-state index is 0.0329. The highest BCUT2D eigenvalue weighted by Crippen LogP contribution is 2.15. The molecule has 0 aliphatic carbocycles. The zero-order chi connectivity index (χ0) is 15.4. The number of hydrogen-bond donors (Lipinski definition) is 2. The lowest BCUT2D eigenvalue weighted by molar-refractivity contribution is -0.120. The zero-order valence-corrected chi connectivity index (χ0v) is 12.9. The van der Waals surface area contributed by atoms with Crippen LogP contribution in [0.1, 0.15) is 27.8 Å². The molecule has 2 aromatic rings. The van der Waals surface area contributed by atoms with Crippen LogP contribution in [-0.4, -0.2) is 5.91 Å². The smallest absolute Gasteiger partial charge is 0.224 e. The van der Waals surface area contributed by atoms with Crippen molar-refractivity contribution in [1.82, 2.24) is 5.32 Å². The van der Waals surface area contributed by atoms with Crippen molar-refractivity contribution in [3.05, 3.63) is 64.2 Å². The van der Waals surface area contributed by atoms with Crippen molar-refractivity contribution in [3.8, 4) is 0 Å². The standard InChI is InChI=1S/C18H22N2O/c1-12-7-8-13(2)16(9-12)10-18(21)20-11-15-5-4-6-17(19)14(15)3/h4-9H,10-11,19H2,1-3H3,(H,20,21). The van der Waals surface area contributed by atoms with Gasteiger partial charge in [0.15, 0.2) is 0 Å². The molecular weight excluding hydrogens is 260 g/mol. The van der Waals surface area contributed by atoms with E-state index in [1.54, 1.807) is 0 Å². The number of nitrogens with one attached hydrogen (secondary N) is 1. The molecule has 3 heteroatoms. The monoisotopic (exact) mass is 282 g/mol. The van der Waals surface area contributed by atoms with Crippen molar-refractivity contribution in [3.63, 3.8) is 0 Å². The van der Waals surface area contributed by atoms with E-state index in [-0.39, 0.29) is 5.91 Å². The maximum atomic E-state index is 12.1. The lowest BCUT2D eigenvalue weighted by Gasteiger charge is -2.11. The van der Waals surface area contributed by atoms with Gasteiger partial charge in [-0.1, -0.05) is 35.9 Å². The Kier molecular flexibility index (Phi) is 4.63. The number of carbonyl (C=O) groups is 1. The summed E-state index contributed by atoms with van der Waals surface area (Å²) < 4.78 is 0. The highest BCUT2D eigenvalue weighted by atomic mass is 16.1. The van der Waals surface area contributed by atoms with Crippen LogP contribution in [0, 0.1) is 20.8 Å². The predicted molar refractivity (Wildman–Crippen MR) is 87.1 cm³/mol. The van der Waals surface area contributed by atoms with Gasteiger partial charge < -0.3 is 11.1 Å². The van der Waals surface area contributed by atoms with E-state index in [1.165, 1.54) is 5.56 Å². The highest BCUT2D eigenvalue weighted by Gasteiger charge is 2.07. The van der Waals surface area contributed by atoms with Gasteiger partial charge in [-0.25, -0.2) is 0 Å². The van der Waals surface area contributed by atoms with Crippen LogP contribution in [0.15, 0.2) is 36.4 Å². The van der Waals surface area contributed by atoms with E-state index >= 15 is 0 Å². The average Bonchev–Trinajstić information content (AvgIpc) is 2.44. The van der Waals surface area contributed by atoms with Crippen LogP contribution in [0.2, 0.25) is 0 Å². The Morgan fingerprint density at radius 2 is 1.86 bits per heavy atom. The van der Waals surface area contributed by atoms with Crippen molar-refractivity contribution in [1.29, 1.82) is 0 Å². The minimum atomic E-state index is 0.0329. The van der Waals surface area contributed by atoms with Crippen LogP contribution in [0.4, 0.5) is 5.69 Å². The van der Waals surface area contributed by atoms with Gasteiger partial charge in [-0.3, -0.25) is 4.79 Å². The lowest BCUT2D eigenvalue weighted by atomic mass is 10.0. The van der Waals surface area contributed by atoms with Gasteiger partial charge in [-0.15, -0.1) is 0 Å². The summed E-state index contributed by atoms with van der Waals surface area (Å²) in [6.07, 6.45) is 0.412. The maximum absolute atomic E-state index is 12.1. The number of aryl methyl sites for hydroxylation is 2. The molecule has 0 radical (unpaired) electrons. The number of benzene rings is 2. The summed E-state index contributed by atoms with van der Waals surface area (Å²) >= 11 is 0. The second kappa shape index (κ2) is 6.44. The third-order valence-electron chi connectivity index (χ3n) is 3.82. The molecule has 1 amide bonds. The molecular formula is C18H22N2O. The summed E-state index contributed by atoms with van der Waals surface area (Å²) in [7, 11) is 0. The van der Waals surface area contributed by atoms with Crippen LogP contribution in [0.3, 0.4) is 0 Å². The van der Waals surface area contributed by atoms with Gasteiger partial charge in [-0.05, 0) is 49.1 Å². The van der Waals surface area contributed by atoms with Crippen molar-refractivity contribution in [2.75, 3.05) is 5.73 Å². The van der Waals surface area contributed by atoms with E-state index in [2.05, 4.69) is 23.5 Å². The Labute approximate surface area is 126 Å². The molecule has 0 fully saturated rings. The molecule has 2 rings (SSSR count). The Morgan fingerprint density at radius 1 is 1.10 bits per heavy atom. The number of anilines is 1. The van der Waals surface area contributed by atoms with Crippen molar-refractivity contribution in [2.24, 2.45) is 0 Å². The number of carbonyl (C=O) groups excluding carboxylic acids is 1. The second-order valence-electron chi connectivity index (χ2n) is 5.51. The van der Waals surface area contributed by atoms with Crippen LogP contribution in [0.25, 0.3) is 0 Å². The van der Waals surface area contributed by atoms with Crippen LogP contribution in [0.5, 0.6) is 0 Å². The Balaban J connectivity index is 1.99.